The lowest BCUT2D eigenvalue weighted by atomic mass is 10.2. The number of aromatic nitrogens is 2. The topological polar surface area (TPSA) is 59.1 Å². The summed E-state index contributed by atoms with van der Waals surface area (Å²) in [6.07, 6.45) is 0. The zero-order valence-corrected chi connectivity index (χ0v) is 10.9. The maximum absolute atomic E-state index is 5.12. The first-order valence-electron chi connectivity index (χ1n) is 5.94. The fourth-order valence-corrected chi connectivity index (χ4v) is 1.82. The number of rotatable bonds is 5. The molecule has 0 aliphatic carbocycles. The lowest BCUT2D eigenvalue weighted by Crippen LogP contribution is -2.22. The van der Waals surface area contributed by atoms with Crippen LogP contribution < -0.4 is 10.6 Å². The average Bonchev–Trinajstić information content (AvgIpc) is 2.38. The summed E-state index contributed by atoms with van der Waals surface area (Å²) in [5.74, 6) is 1.44. The Labute approximate surface area is 107 Å². The average molecular weight is 246 g/mol. The fourth-order valence-electron chi connectivity index (χ4n) is 1.82. The Morgan fingerprint density at radius 1 is 1.28 bits per heavy atom. The molecule has 0 bridgehead atoms. The molecule has 1 aromatic heterocycles. The maximum atomic E-state index is 5.12. The van der Waals surface area contributed by atoms with E-state index in [1.165, 1.54) is 0 Å². The van der Waals surface area contributed by atoms with E-state index in [1.54, 1.807) is 7.11 Å². The third-order valence-corrected chi connectivity index (χ3v) is 2.63. The lowest BCUT2D eigenvalue weighted by Gasteiger charge is -2.15. The normalized spacial score (nSPS) is 12.4. The van der Waals surface area contributed by atoms with Crippen LogP contribution in [0.2, 0.25) is 0 Å². The third kappa shape index (κ3) is 2.68. The van der Waals surface area contributed by atoms with Crippen molar-refractivity contribution in [1.29, 1.82) is 0 Å². The van der Waals surface area contributed by atoms with Crippen molar-refractivity contribution in [3.05, 3.63) is 24.3 Å². The summed E-state index contributed by atoms with van der Waals surface area (Å²) in [6, 6.07) is 8.13. The fraction of sp³-hybridized carbons (Fsp3) is 0.385. The molecule has 18 heavy (non-hydrogen) atoms. The summed E-state index contributed by atoms with van der Waals surface area (Å²) in [7, 11) is 3.50. The standard InChI is InChI=1S/C13H18N4O/c1-9(8-18-3)15-12-10-6-4-5-7-11(10)16-13(14-2)17-12/h4-7,9H,8H2,1-3H3,(H2,14,15,16,17). The molecule has 1 unspecified atom stereocenters. The van der Waals surface area contributed by atoms with Crippen molar-refractivity contribution in [2.45, 2.75) is 13.0 Å². The second kappa shape index (κ2) is 5.64. The van der Waals surface area contributed by atoms with E-state index in [1.807, 2.05) is 31.3 Å². The quantitative estimate of drug-likeness (QED) is 0.846. The van der Waals surface area contributed by atoms with Gasteiger partial charge in [0.25, 0.3) is 0 Å². The van der Waals surface area contributed by atoms with E-state index in [0.717, 1.165) is 16.7 Å². The van der Waals surface area contributed by atoms with Crippen LogP contribution in [0.4, 0.5) is 11.8 Å². The second-order valence-electron chi connectivity index (χ2n) is 4.16. The van der Waals surface area contributed by atoms with Crippen molar-refractivity contribution in [1.82, 2.24) is 9.97 Å². The number of ether oxygens (including phenoxy) is 1. The summed E-state index contributed by atoms with van der Waals surface area (Å²) in [5, 5.41) is 7.33. The summed E-state index contributed by atoms with van der Waals surface area (Å²) < 4.78 is 5.12. The number of benzene rings is 1. The van der Waals surface area contributed by atoms with E-state index in [-0.39, 0.29) is 6.04 Å². The molecule has 0 saturated heterocycles. The van der Waals surface area contributed by atoms with Crippen molar-refractivity contribution in [2.75, 3.05) is 31.4 Å². The zero-order valence-electron chi connectivity index (χ0n) is 10.9. The van der Waals surface area contributed by atoms with Crippen LogP contribution in [0.1, 0.15) is 6.92 Å². The Morgan fingerprint density at radius 2 is 2.06 bits per heavy atom. The van der Waals surface area contributed by atoms with Gasteiger partial charge in [0.1, 0.15) is 5.82 Å². The van der Waals surface area contributed by atoms with Gasteiger partial charge in [-0.2, -0.15) is 4.98 Å². The summed E-state index contributed by atoms with van der Waals surface area (Å²) in [6.45, 7) is 2.69. The van der Waals surface area contributed by atoms with Crippen molar-refractivity contribution in [3.63, 3.8) is 0 Å². The molecule has 0 fully saturated rings. The van der Waals surface area contributed by atoms with Crippen LogP contribution in [0.3, 0.4) is 0 Å². The van der Waals surface area contributed by atoms with Gasteiger partial charge in [-0.3, -0.25) is 0 Å². The molecule has 0 aliphatic rings. The molecule has 1 aromatic carbocycles. The first-order chi connectivity index (χ1) is 8.74. The largest absolute Gasteiger partial charge is 0.383 e. The number of methoxy groups -OCH3 is 1. The molecule has 0 aliphatic heterocycles. The van der Waals surface area contributed by atoms with Gasteiger partial charge >= 0.3 is 0 Å². The molecule has 96 valence electrons. The first kappa shape index (κ1) is 12.6. The molecule has 0 saturated carbocycles. The molecule has 1 atom stereocenters. The predicted molar refractivity (Wildman–Crippen MR) is 74.0 cm³/mol. The number of para-hydroxylation sites is 1. The van der Waals surface area contributed by atoms with Gasteiger partial charge in [0.05, 0.1) is 12.1 Å². The maximum Gasteiger partial charge on any atom is 0.224 e. The Morgan fingerprint density at radius 3 is 2.78 bits per heavy atom. The number of anilines is 2. The predicted octanol–water partition coefficient (Wildman–Crippen LogP) is 2.12. The number of nitrogens with one attached hydrogen (secondary N) is 2. The van der Waals surface area contributed by atoms with Gasteiger partial charge in [0, 0.05) is 25.6 Å². The van der Waals surface area contributed by atoms with Crippen LogP contribution in [0.25, 0.3) is 10.9 Å². The number of hydrogen-bond acceptors (Lipinski definition) is 5. The highest BCUT2D eigenvalue weighted by molar-refractivity contribution is 5.90. The van der Waals surface area contributed by atoms with Gasteiger partial charge in [-0.25, -0.2) is 4.98 Å². The molecular formula is C13H18N4O. The van der Waals surface area contributed by atoms with Gasteiger partial charge in [0.2, 0.25) is 5.95 Å². The minimum atomic E-state index is 0.193. The highest BCUT2D eigenvalue weighted by Crippen LogP contribution is 2.22. The number of hydrogen-bond donors (Lipinski definition) is 2. The van der Waals surface area contributed by atoms with Gasteiger partial charge < -0.3 is 15.4 Å². The number of fused-ring (bicyclic) bond motifs is 1. The second-order valence-corrected chi connectivity index (χ2v) is 4.16. The molecule has 2 N–H and O–H groups in total. The Balaban J connectivity index is 2.40. The Kier molecular flexibility index (Phi) is 3.94. The van der Waals surface area contributed by atoms with Crippen molar-refractivity contribution >= 4 is 22.7 Å². The molecule has 0 spiro atoms. The highest BCUT2D eigenvalue weighted by atomic mass is 16.5. The molecule has 0 radical (unpaired) electrons. The summed E-state index contributed by atoms with van der Waals surface area (Å²) >= 11 is 0. The first-order valence-corrected chi connectivity index (χ1v) is 5.94. The highest BCUT2D eigenvalue weighted by Gasteiger charge is 2.09. The molecule has 5 nitrogen and oxygen atoms in total. The van der Waals surface area contributed by atoms with Crippen LogP contribution in [-0.2, 0) is 4.74 Å². The van der Waals surface area contributed by atoms with E-state index in [2.05, 4.69) is 27.5 Å². The van der Waals surface area contributed by atoms with E-state index in [0.29, 0.717) is 12.6 Å². The minimum Gasteiger partial charge on any atom is -0.383 e. The van der Waals surface area contributed by atoms with Crippen LogP contribution in [0, 0.1) is 0 Å². The summed E-state index contributed by atoms with van der Waals surface area (Å²) in [5.41, 5.74) is 0.920. The number of nitrogens with zero attached hydrogens (tertiary/aromatic N) is 2. The molecule has 2 rings (SSSR count). The molecule has 2 aromatic rings. The zero-order chi connectivity index (χ0) is 13.0. The van der Waals surface area contributed by atoms with Crippen LogP contribution in [0.5, 0.6) is 0 Å². The lowest BCUT2D eigenvalue weighted by molar-refractivity contribution is 0.190. The third-order valence-electron chi connectivity index (χ3n) is 2.63. The van der Waals surface area contributed by atoms with Gasteiger partial charge in [-0.15, -0.1) is 0 Å². The smallest absolute Gasteiger partial charge is 0.224 e. The Hall–Kier alpha value is -1.88. The van der Waals surface area contributed by atoms with E-state index < -0.39 is 0 Å². The monoisotopic (exact) mass is 246 g/mol. The molecule has 1 heterocycles. The van der Waals surface area contributed by atoms with Crippen LogP contribution in [0.15, 0.2) is 24.3 Å². The van der Waals surface area contributed by atoms with Gasteiger partial charge in [0.15, 0.2) is 0 Å². The van der Waals surface area contributed by atoms with Crippen molar-refractivity contribution < 1.29 is 4.74 Å². The van der Waals surface area contributed by atoms with Crippen LogP contribution in [-0.4, -0.2) is 36.8 Å². The van der Waals surface area contributed by atoms with E-state index >= 15 is 0 Å². The van der Waals surface area contributed by atoms with Gasteiger partial charge in [-0.1, -0.05) is 12.1 Å². The molecular weight excluding hydrogens is 228 g/mol. The molecule has 0 amide bonds. The summed E-state index contributed by atoms with van der Waals surface area (Å²) in [4.78, 5) is 8.87. The minimum absolute atomic E-state index is 0.193. The van der Waals surface area contributed by atoms with Gasteiger partial charge in [-0.05, 0) is 19.1 Å². The Bertz CT molecular complexity index is 529. The van der Waals surface area contributed by atoms with Crippen molar-refractivity contribution in [3.8, 4) is 0 Å². The SMILES string of the molecule is CNc1nc(NC(C)COC)c2ccccc2n1. The van der Waals surface area contributed by atoms with Crippen LogP contribution >= 0.6 is 0 Å². The molecule has 5 heteroatoms. The van der Waals surface area contributed by atoms with E-state index in [9.17, 15) is 0 Å². The van der Waals surface area contributed by atoms with E-state index in [4.69, 9.17) is 4.74 Å². The van der Waals surface area contributed by atoms with Crippen molar-refractivity contribution in [2.24, 2.45) is 0 Å².